The molecule has 6 N–H and O–H groups in total. The topological polar surface area (TPSA) is 105 Å². The molecule has 0 aliphatic carbocycles. The summed E-state index contributed by atoms with van der Waals surface area (Å²) in [6.07, 6.45) is 0. The molecule has 0 radical (unpaired) electrons. The highest BCUT2D eigenvalue weighted by Crippen LogP contribution is 1.80. The lowest BCUT2D eigenvalue weighted by Gasteiger charge is -2.01. The standard InChI is InChI=1S/CH6O4Si.H3N/c1-5-6(2,3)4;/h2-4H,1H3;1H3. The average molecular weight is 127 g/mol. The van der Waals surface area contributed by atoms with E-state index in [-0.39, 0.29) is 6.15 Å². The van der Waals surface area contributed by atoms with Gasteiger partial charge in [-0.2, -0.15) is 0 Å². The van der Waals surface area contributed by atoms with Crippen molar-refractivity contribution in [3.63, 3.8) is 0 Å². The van der Waals surface area contributed by atoms with Gasteiger partial charge in [-0.15, -0.1) is 0 Å². The first-order valence-electron chi connectivity index (χ1n) is 1.28. The second-order valence-corrected chi connectivity index (χ2v) is 2.33. The molecule has 0 unspecified atom stereocenters. The number of hydrogen-bond acceptors (Lipinski definition) is 5. The van der Waals surface area contributed by atoms with E-state index in [9.17, 15) is 0 Å². The summed E-state index contributed by atoms with van der Waals surface area (Å²) in [4.78, 5) is 23.6. The molecule has 0 fully saturated rings. The zero-order chi connectivity index (χ0) is 5.21. The second-order valence-electron chi connectivity index (χ2n) is 0.778. The van der Waals surface area contributed by atoms with Gasteiger partial charge < -0.3 is 25.0 Å². The predicted octanol–water partition coefficient (Wildman–Crippen LogP) is -1.79. The van der Waals surface area contributed by atoms with Gasteiger partial charge in [0.1, 0.15) is 0 Å². The predicted molar refractivity (Wildman–Crippen MR) is 24.4 cm³/mol. The van der Waals surface area contributed by atoms with Crippen molar-refractivity contribution in [2.75, 3.05) is 7.11 Å². The van der Waals surface area contributed by atoms with E-state index in [1.807, 2.05) is 0 Å². The van der Waals surface area contributed by atoms with Crippen molar-refractivity contribution in [3.05, 3.63) is 0 Å². The minimum Gasteiger partial charge on any atom is -0.368 e. The molecule has 7 heavy (non-hydrogen) atoms. The molecule has 5 nitrogen and oxygen atoms in total. The summed E-state index contributed by atoms with van der Waals surface area (Å²) in [7, 11) is -3.11. The van der Waals surface area contributed by atoms with Gasteiger partial charge in [0.2, 0.25) is 0 Å². The highest BCUT2D eigenvalue weighted by molar-refractivity contribution is 6.48. The van der Waals surface area contributed by atoms with Crippen LogP contribution in [0.3, 0.4) is 0 Å². The Morgan fingerprint density at radius 2 is 1.43 bits per heavy atom. The van der Waals surface area contributed by atoms with Gasteiger partial charge in [0.25, 0.3) is 0 Å². The van der Waals surface area contributed by atoms with Crippen LogP contribution >= 0.6 is 0 Å². The van der Waals surface area contributed by atoms with E-state index in [0.717, 1.165) is 7.11 Å². The van der Waals surface area contributed by atoms with Crippen LogP contribution in [0.1, 0.15) is 0 Å². The first-order chi connectivity index (χ1) is 2.56. The molecule has 0 bridgehead atoms. The third-order valence-corrected chi connectivity index (χ3v) is 0.822. The molecule has 0 amide bonds. The minimum atomic E-state index is -4.13. The average Bonchev–Trinajstić information content (AvgIpc) is 1.35. The zero-order valence-electron chi connectivity index (χ0n) is 3.96. The van der Waals surface area contributed by atoms with Crippen molar-refractivity contribution in [1.82, 2.24) is 6.15 Å². The molecule has 0 aromatic rings. The second kappa shape index (κ2) is 3.08. The Bertz CT molecular complexity index is 41.4. The van der Waals surface area contributed by atoms with Crippen molar-refractivity contribution >= 4 is 9.05 Å². The first kappa shape index (κ1) is 10.1. The van der Waals surface area contributed by atoms with E-state index < -0.39 is 9.05 Å². The molecule has 0 aromatic carbocycles. The van der Waals surface area contributed by atoms with Gasteiger partial charge in [-0.1, -0.05) is 0 Å². The molecule has 46 valence electrons. The zero-order valence-corrected chi connectivity index (χ0v) is 4.96. The first-order valence-corrected chi connectivity index (χ1v) is 3.03. The fourth-order valence-corrected chi connectivity index (χ4v) is 0. The highest BCUT2D eigenvalue weighted by Gasteiger charge is 2.27. The van der Waals surface area contributed by atoms with Crippen LogP contribution in [0.2, 0.25) is 0 Å². The highest BCUT2D eigenvalue weighted by atomic mass is 28.4. The molecular weight excluding hydrogens is 118 g/mol. The molecule has 0 aliphatic heterocycles. The summed E-state index contributed by atoms with van der Waals surface area (Å²) >= 11 is 0. The maximum absolute atomic E-state index is 7.85. The SMILES string of the molecule is CO[Si](O)(O)O.N. The van der Waals surface area contributed by atoms with Crippen LogP contribution in [0.5, 0.6) is 0 Å². The Morgan fingerprint density at radius 3 is 1.43 bits per heavy atom. The van der Waals surface area contributed by atoms with E-state index in [4.69, 9.17) is 14.4 Å². The van der Waals surface area contributed by atoms with Gasteiger partial charge in [-0.05, 0) is 0 Å². The van der Waals surface area contributed by atoms with E-state index in [0.29, 0.717) is 0 Å². The maximum atomic E-state index is 7.85. The summed E-state index contributed by atoms with van der Waals surface area (Å²) in [5, 5.41) is 0. The van der Waals surface area contributed by atoms with Crippen molar-refractivity contribution < 1.29 is 18.8 Å². The van der Waals surface area contributed by atoms with E-state index >= 15 is 0 Å². The van der Waals surface area contributed by atoms with Crippen LogP contribution in [-0.4, -0.2) is 30.5 Å². The van der Waals surface area contributed by atoms with Crippen molar-refractivity contribution in [3.8, 4) is 0 Å². The van der Waals surface area contributed by atoms with Crippen molar-refractivity contribution in [1.29, 1.82) is 0 Å². The van der Waals surface area contributed by atoms with Crippen molar-refractivity contribution in [2.45, 2.75) is 0 Å². The quantitative estimate of drug-likeness (QED) is 0.311. The van der Waals surface area contributed by atoms with Gasteiger partial charge in [0.15, 0.2) is 0 Å². The summed E-state index contributed by atoms with van der Waals surface area (Å²) in [6, 6.07) is 0. The van der Waals surface area contributed by atoms with Gasteiger partial charge >= 0.3 is 9.05 Å². The summed E-state index contributed by atoms with van der Waals surface area (Å²) in [6.45, 7) is 0. The molecule has 0 spiro atoms. The van der Waals surface area contributed by atoms with Gasteiger partial charge in [0, 0.05) is 7.11 Å². The smallest absolute Gasteiger partial charge is 0.368 e. The lowest BCUT2D eigenvalue weighted by atomic mass is 11.8. The van der Waals surface area contributed by atoms with E-state index in [1.165, 1.54) is 0 Å². The maximum Gasteiger partial charge on any atom is 0.671 e. The molecule has 0 heterocycles. The normalized spacial score (nSPS) is 10.3. The third-order valence-electron chi connectivity index (χ3n) is 0.274. The van der Waals surface area contributed by atoms with Gasteiger partial charge in [0.05, 0.1) is 0 Å². The Labute approximate surface area is 42.2 Å². The summed E-state index contributed by atoms with van der Waals surface area (Å²) in [5.74, 6) is 0. The number of rotatable bonds is 1. The number of hydrogen-bond donors (Lipinski definition) is 4. The monoisotopic (exact) mass is 127 g/mol. The third kappa shape index (κ3) is 10.7. The van der Waals surface area contributed by atoms with Crippen LogP contribution in [0.4, 0.5) is 0 Å². The molecule has 0 rings (SSSR count). The van der Waals surface area contributed by atoms with Crippen LogP contribution in [0.15, 0.2) is 0 Å². The lowest BCUT2D eigenvalue weighted by Crippen LogP contribution is -2.37. The van der Waals surface area contributed by atoms with Crippen LogP contribution in [0, 0.1) is 0 Å². The molecule has 0 atom stereocenters. The fourth-order valence-electron chi connectivity index (χ4n) is 0. The fraction of sp³-hybridized carbons (Fsp3) is 1.00. The Kier molecular flexibility index (Phi) is 4.43. The lowest BCUT2D eigenvalue weighted by molar-refractivity contribution is 0.0881. The van der Waals surface area contributed by atoms with Crippen LogP contribution in [-0.2, 0) is 4.43 Å². The summed E-state index contributed by atoms with van der Waals surface area (Å²) < 4.78 is 3.74. The Balaban J connectivity index is 0. The van der Waals surface area contributed by atoms with E-state index in [2.05, 4.69) is 4.43 Å². The molecule has 0 aromatic heterocycles. The minimum absolute atomic E-state index is 0. The van der Waals surface area contributed by atoms with Crippen molar-refractivity contribution in [2.24, 2.45) is 0 Å². The van der Waals surface area contributed by atoms with Crippen LogP contribution in [0.25, 0.3) is 0 Å². The van der Waals surface area contributed by atoms with Crippen LogP contribution < -0.4 is 6.15 Å². The molecular formula is CH9NO4Si. The molecule has 0 aliphatic rings. The largest absolute Gasteiger partial charge is 0.671 e. The van der Waals surface area contributed by atoms with E-state index in [1.54, 1.807) is 0 Å². The molecule has 0 saturated heterocycles. The molecule has 0 saturated carbocycles. The Hall–Kier alpha value is 0.0169. The summed E-state index contributed by atoms with van der Waals surface area (Å²) in [5.41, 5.74) is 0. The Morgan fingerprint density at radius 1 is 1.29 bits per heavy atom. The van der Waals surface area contributed by atoms with Gasteiger partial charge in [-0.25, -0.2) is 0 Å². The van der Waals surface area contributed by atoms with Gasteiger partial charge in [-0.3, -0.25) is 0 Å². The molecule has 6 heteroatoms.